The van der Waals surface area contributed by atoms with E-state index in [1.165, 1.54) is 12.3 Å². The van der Waals surface area contributed by atoms with Gasteiger partial charge in [-0.25, -0.2) is 4.79 Å². The number of carboxylic acids is 1. The standard InChI is InChI=1S/C20H16N2O6/c23-18(24)12-28-16-8-6-14(7-9-16)21-19(25)13-3-1-4-15(11-13)22-20(26)17-5-2-10-27-17/h1-11H,12H2,(H,21,25)(H,22,26)(H,23,24). The van der Waals surface area contributed by atoms with Gasteiger partial charge in [0.1, 0.15) is 5.75 Å². The lowest BCUT2D eigenvalue weighted by Crippen LogP contribution is -2.14. The normalized spacial score (nSPS) is 10.1. The van der Waals surface area contributed by atoms with Crippen molar-refractivity contribution in [2.24, 2.45) is 0 Å². The smallest absolute Gasteiger partial charge is 0.341 e. The Morgan fingerprint density at radius 3 is 2.32 bits per heavy atom. The lowest BCUT2D eigenvalue weighted by atomic mass is 10.1. The molecule has 28 heavy (non-hydrogen) atoms. The number of amides is 2. The maximum Gasteiger partial charge on any atom is 0.341 e. The Labute approximate surface area is 159 Å². The highest BCUT2D eigenvalue weighted by atomic mass is 16.5. The van der Waals surface area contributed by atoms with Crippen molar-refractivity contribution in [3.63, 3.8) is 0 Å². The Bertz CT molecular complexity index is 980. The first-order valence-corrected chi connectivity index (χ1v) is 8.22. The zero-order chi connectivity index (χ0) is 19.9. The molecule has 2 amide bonds. The van der Waals surface area contributed by atoms with Gasteiger partial charge >= 0.3 is 5.97 Å². The van der Waals surface area contributed by atoms with Crippen LogP contribution in [0.4, 0.5) is 11.4 Å². The first-order chi connectivity index (χ1) is 13.5. The van der Waals surface area contributed by atoms with Crippen LogP contribution in [0, 0.1) is 0 Å². The minimum absolute atomic E-state index is 0.167. The average Bonchev–Trinajstić information content (AvgIpc) is 3.22. The molecular formula is C20H16N2O6. The molecule has 8 heteroatoms. The Hall–Kier alpha value is -4.07. The molecule has 3 N–H and O–H groups in total. The molecule has 1 aromatic heterocycles. The summed E-state index contributed by atoms with van der Waals surface area (Å²) in [5.41, 5.74) is 1.31. The molecule has 0 spiro atoms. The summed E-state index contributed by atoms with van der Waals surface area (Å²) in [7, 11) is 0. The third-order valence-electron chi connectivity index (χ3n) is 3.60. The molecule has 142 valence electrons. The van der Waals surface area contributed by atoms with Crippen molar-refractivity contribution in [2.45, 2.75) is 0 Å². The first-order valence-electron chi connectivity index (χ1n) is 8.22. The monoisotopic (exact) mass is 380 g/mol. The van der Waals surface area contributed by atoms with E-state index in [0.717, 1.165) is 0 Å². The number of carbonyl (C=O) groups is 3. The molecule has 0 saturated heterocycles. The number of nitrogens with one attached hydrogen (secondary N) is 2. The second-order valence-corrected chi connectivity index (χ2v) is 5.67. The minimum atomic E-state index is -1.07. The summed E-state index contributed by atoms with van der Waals surface area (Å²) >= 11 is 0. The molecule has 0 fully saturated rings. The third-order valence-corrected chi connectivity index (χ3v) is 3.60. The van der Waals surface area contributed by atoms with Crippen molar-refractivity contribution in [1.82, 2.24) is 0 Å². The number of rotatable bonds is 7. The molecule has 3 aromatic rings. The van der Waals surface area contributed by atoms with E-state index in [1.807, 2.05) is 0 Å². The van der Waals surface area contributed by atoms with Crippen molar-refractivity contribution >= 4 is 29.2 Å². The zero-order valence-electron chi connectivity index (χ0n) is 14.5. The van der Waals surface area contributed by atoms with Crippen LogP contribution in [-0.2, 0) is 4.79 Å². The Balaban J connectivity index is 1.62. The summed E-state index contributed by atoms with van der Waals surface area (Å²) in [5, 5.41) is 14.0. The Morgan fingerprint density at radius 1 is 0.893 bits per heavy atom. The number of hydrogen-bond donors (Lipinski definition) is 3. The minimum Gasteiger partial charge on any atom is -0.482 e. The number of carboxylic acid groups (broad SMARTS) is 1. The fraction of sp³-hybridized carbons (Fsp3) is 0.0500. The summed E-state index contributed by atoms with van der Waals surface area (Å²) in [6.07, 6.45) is 1.40. The van der Waals surface area contributed by atoms with Crippen LogP contribution < -0.4 is 15.4 Å². The predicted octanol–water partition coefficient (Wildman–Crippen LogP) is 3.25. The van der Waals surface area contributed by atoms with Crippen molar-refractivity contribution in [3.05, 3.63) is 78.3 Å². The molecule has 1 heterocycles. The number of carbonyl (C=O) groups excluding carboxylic acids is 2. The van der Waals surface area contributed by atoms with Gasteiger partial charge in [-0.3, -0.25) is 9.59 Å². The summed E-state index contributed by atoms with van der Waals surface area (Å²) < 4.78 is 10.1. The van der Waals surface area contributed by atoms with Crippen molar-refractivity contribution < 1.29 is 28.6 Å². The van der Waals surface area contributed by atoms with Crippen LogP contribution in [0.1, 0.15) is 20.9 Å². The molecule has 0 atom stereocenters. The molecule has 2 aromatic carbocycles. The molecule has 3 rings (SSSR count). The van der Waals surface area contributed by atoms with Crippen LogP contribution in [0.5, 0.6) is 5.75 Å². The lowest BCUT2D eigenvalue weighted by Gasteiger charge is -2.09. The lowest BCUT2D eigenvalue weighted by molar-refractivity contribution is -0.139. The zero-order valence-corrected chi connectivity index (χ0v) is 14.5. The van der Waals surface area contributed by atoms with Crippen LogP contribution in [0.25, 0.3) is 0 Å². The summed E-state index contributed by atoms with van der Waals surface area (Å²) in [5.74, 6) is -1.31. The third kappa shape index (κ3) is 4.98. The summed E-state index contributed by atoms with van der Waals surface area (Å²) in [6.45, 7) is -0.442. The maximum absolute atomic E-state index is 12.4. The highest BCUT2D eigenvalue weighted by Crippen LogP contribution is 2.18. The van der Waals surface area contributed by atoms with E-state index in [4.69, 9.17) is 14.3 Å². The molecule has 8 nitrogen and oxygen atoms in total. The molecular weight excluding hydrogens is 364 g/mol. The van der Waals surface area contributed by atoms with E-state index >= 15 is 0 Å². The van der Waals surface area contributed by atoms with Gasteiger partial charge in [0, 0.05) is 16.9 Å². The van der Waals surface area contributed by atoms with E-state index in [2.05, 4.69) is 10.6 Å². The van der Waals surface area contributed by atoms with Crippen molar-refractivity contribution in [1.29, 1.82) is 0 Å². The number of anilines is 2. The van der Waals surface area contributed by atoms with E-state index in [9.17, 15) is 14.4 Å². The number of ether oxygens (including phenoxy) is 1. The van der Waals surface area contributed by atoms with E-state index < -0.39 is 18.5 Å². The van der Waals surface area contributed by atoms with Crippen molar-refractivity contribution in [3.8, 4) is 5.75 Å². The van der Waals surface area contributed by atoms with Gasteiger partial charge in [0.15, 0.2) is 12.4 Å². The van der Waals surface area contributed by atoms with Crippen molar-refractivity contribution in [2.75, 3.05) is 17.2 Å². The molecule has 0 aliphatic heterocycles. The summed E-state index contributed by atoms with van der Waals surface area (Å²) in [6, 6.07) is 15.9. The van der Waals surface area contributed by atoms with Crippen LogP contribution in [-0.4, -0.2) is 29.5 Å². The second-order valence-electron chi connectivity index (χ2n) is 5.67. The van der Waals surface area contributed by atoms with E-state index in [1.54, 1.807) is 54.6 Å². The fourth-order valence-corrected chi connectivity index (χ4v) is 2.32. The van der Waals surface area contributed by atoms with Gasteiger partial charge in [-0.2, -0.15) is 0 Å². The molecule has 0 aliphatic rings. The van der Waals surface area contributed by atoms with Gasteiger partial charge in [-0.05, 0) is 54.6 Å². The van der Waals surface area contributed by atoms with Crippen LogP contribution in [0.3, 0.4) is 0 Å². The van der Waals surface area contributed by atoms with Crippen LogP contribution >= 0.6 is 0 Å². The molecule has 0 bridgehead atoms. The Morgan fingerprint density at radius 2 is 1.64 bits per heavy atom. The molecule has 0 aliphatic carbocycles. The van der Waals surface area contributed by atoms with Gasteiger partial charge < -0.3 is 24.9 Å². The highest BCUT2D eigenvalue weighted by Gasteiger charge is 2.11. The van der Waals surface area contributed by atoms with Gasteiger partial charge in [0.05, 0.1) is 6.26 Å². The number of aliphatic carboxylic acids is 1. The topological polar surface area (TPSA) is 118 Å². The number of benzene rings is 2. The summed E-state index contributed by atoms with van der Waals surface area (Å²) in [4.78, 5) is 34.9. The predicted molar refractivity (Wildman–Crippen MR) is 101 cm³/mol. The molecule has 0 radical (unpaired) electrons. The Kier molecular flexibility index (Phi) is 5.71. The highest BCUT2D eigenvalue weighted by molar-refractivity contribution is 6.06. The van der Waals surface area contributed by atoms with Gasteiger partial charge in [-0.1, -0.05) is 6.07 Å². The maximum atomic E-state index is 12.4. The largest absolute Gasteiger partial charge is 0.482 e. The van der Waals surface area contributed by atoms with E-state index in [0.29, 0.717) is 22.7 Å². The fourth-order valence-electron chi connectivity index (χ4n) is 2.32. The van der Waals surface area contributed by atoms with Gasteiger partial charge in [0.2, 0.25) is 0 Å². The molecule has 0 saturated carbocycles. The first kappa shape index (κ1) is 18.7. The average molecular weight is 380 g/mol. The van der Waals surface area contributed by atoms with Crippen LogP contribution in [0.2, 0.25) is 0 Å². The molecule has 0 unspecified atom stereocenters. The van der Waals surface area contributed by atoms with Crippen LogP contribution in [0.15, 0.2) is 71.3 Å². The quantitative estimate of drug-likeness (QED) is 0.579. The second kappa shape index (κ2) is 8.54. The van der Waals surface area contributed by atoms with Gasteiger partial charge in [0.25, 0.3) is 11.8 Å². The number of hydrogen-bond acceptors (Lipinski definition) is 5. The van der Waals surface area contributed by atoms with E-state index in [-0.39, 0.29) is 11.7 Å². The SMILES string of the molecule is O=C(O)COc1ccc(NC(=O)c2cccc(NC(=O)c3ccco3)c2)cc1. The van der Waals surface area contributed by atoms with Gasteiger partial charge in [-0.15, -0.1) is 0 Å². The number of furan rings is 1.